The molecule has 4 heterocycles. The van der Waals surface area contributed by atoms with Crippen molar-refractivity contribution in [2.75, 3.05) is 56.9 Å². The molecule has 0 unspecified atom stereocenters. The summed E-state index contributed by atoms with van der Waals surface area (Å²) in [5.41, 5.74) is 7.99. The zero-order valence-corrected chi connectivity index (χ0v) is 79.7. The van der Waals surface area contributed by atoms with E-state index in [-0.39, 0.29) is 72.1 Å². The number of nitrogens with one attached hydrogen (secondary N) is 4. The maximum absolute atomic E-state index is 14.0. The van der Waals surface area contributed by atoms with E-state index in [9.17, 15) is 72.4 Å². The maximum Gasteiger partial charge on any atom is 0.374 e. The molecule has 36 heteroatoms. The maximum atomic E-state index is 14.0. The van der Waals surface area contributed by atoms with Gasteiger partial charge in [-0.05, 0) is 208 Å². The van der Waals surface area contributed by atoms with Crippen LogP contribution in [0.2, 0.25) is 5.02 Å². The topological polar surface area (TPSA) is 428 Å². The van der Waals surface area contributed by atoms with Crippen molar-refractivity contribution in [3.05, 3.63) is 239 Å². The summed E-state index contributed by atoms with van der Waals surface area (Å²) in [5.74, 6) is -4.04. The van der Waals surface area contributed by atoms with E-state index in [1.165, 1.54) is 87.0 Å². The first kappa shape index (κ1) is 105. The largest absolute Gasteiger partial charge is 0.496 e. The predicted molar refractivity (Wildman–Crippen MR) is 510 cm³/mol. The number of aryl methyl sites for hydroxylation is 1. The molecular weight excluding hydrogens is 1790 g/mol. The number of amides is 4. The Labute approximate surface area is 796 Å². The van der Waals surface area contributed by atoms with Gasteiger partial charge in [-0.15, -0.1) is 0 Å². The van der Waals surface area contributed by atoms with E-state index in [4.69, 9.17) is 49.5 Å². The fraction of sp³-hybridized carbons (Fsp3) is 0.317. The molecule has 4 amide bonds. The van der Waals surface area contributed by atoms with Crippen LogP contribution in [0.3, 0.4) is 0 Å². The molecule has 0 aliphatic heterocycles. The van der Waals surface area contributed by atoms with Crippen molar-refractivity contribution in [1.82, 2.24) is 60.4 Å². The molecule has 0 saturated heterocycles. The number of nitrogens with zero attached hydrogens (tertiary/aromatic N) is 8. The van der Waals surface area contributed by atoms with Gasteiger partial charge < -0.3 is 79.6 Å². The number of rotatable bonds is 40. The number of carboxylic acid groups (broad SMARTS) is 4. The molecule has 8 aromatic carbocycles. The second-order valence-corrected chi connectivity index (χ2v) is 33.7. The number of carboxylic acids is 4. The molecule has 0 aliphatic carbocycles. The van der Waals surface area contributed by atoms with Gasteiger partial charge in [0, 0.05) is 23.1 Å². The van der Waals surface area contributed by atoms with Gasteiger partial charge in [-0.25, -0.2) is 32.3 Å². The summed E-state index contributed by atoms with van der Waals surface area (Å²) in [6, 6.07) is 50.9. The highest BCUT2D eigenvalue weighted by Gasteiger charge is 2.33. The molecule has 12 aromatic rings. The SMILES string of the molecule is COc1cccc(OC)c1-c1cc(C(=O)N[C@@H](CC(C)C)C(=O)C(=O)O)nn1-c1ccc(Cl)cc1.COc1cccc(OC)c1-c1cc(C(=O)N[C@H](CC(=O)O)CC(C)C)nn1-c1ccc(C)cc1.COc1cccc(OC)c1-c1cc(C(=O)N[C@H](CC(=O)O)CC(C)C)nn1-c1ccc(F)cc1.COc1cccc(OC)c1-c1cc(C(=O)N[C@H](CC(=O)O)CC(C)C)nn1-c1cccc(F)c1. The number of benzene rings is 8. The van der Waals surface area contributed by atoms with Gasteiger partial charge in [0.25, 0.3) is 29.4 Å². The molecule has 0 fully saturated rings. The van der Waals surface area contributed by atoms with Gasteiger partial charge in [-0.3, -0.25) is 38.4 Å². The number of ketones is 1. The zero-order chi connectivity index (χ0) is 100. The van der Waals surface area contributed by atoms with Crippen LogP contribution in [0.25, 0.3) is 67.8 Å². The van der Waals surface area contributed by atoms with E-state index >= 15 is 0 Å². The van der Waals surface area contributed by atoms with Crippen LogP contribution in [-0.4, -0.2) is 194 Å². The van der Waals surface area contributed by atoms with Crippen LogP contribution in [-0.2, 0) is 24.0 Å². The Balaban J connectivity index is 0.000000205. The van der Waals surface area contributed by atoms with Crippen molar-refractivity contribution in [3.63, 3.8) is 0 Å². The molecule has 0 spiro atoms. The number of aliphatic carboxylic acids is 4. The van der Waals surface area contributed by atoms with Crippen LogP contribution >= 0.6 is 11.6 Å². The highest BCUT2D eigenvalue weighted by molar-refractivity contribution is 6.35. The minimum atomic E-state index is -1.61. The summed E-state index contributed by atoms with van der Waals surface area (Å²) >= 11 is 6.05. The van der Waals surface area contributed by atoms with Crippen molar-refractivity contribution in [3.8, 4) is 114 Å². The number of carbonyl (C=O) groups excluding carboxylic acids is 5. The number of aromatic nitrogens is 8. The van der Waals surface area contributed by atoms with Crippen molar-refractivity contribution in [2.24, 2.45) is 23.7 Å². The summed E-state index contributed by atoms with van der Waals surface area (Å²) in [6.45, 7) is 17.4. The Morgan fingerprint density at radius 1 is 0.328 bits per heavy atom. The average molecular weight is 1900 g/mol. The van der Waals surface area contributed by atoms with Crippen LogP contribution in [0.5, 0.6) is 46.0 Å². The first-order valence-electron chi connectivity index (χ1n) is 43.6. The molecule has 0 aliphatic rings. The van der Waals surface area contributed by atoms with Crippen LogP contribution in [0.4, 0.5) is 8.78 Å². The number of carbonyl (C=O) groups is 9. The number of methoxy groups -OCH3 is 8. The lowest BCUT2D eigenvalue weighted by molar-refractivity contribution is -0.150. The Hall–Kier alpha value is -15.4. The summed E-state index contributed by atoms with van der Waals surface area (Å²) in [5, 5.41) is 66.3. The number of hydrogen-bond acceptors (Lipinski definition) is 21. The fourth-order valence-electron chi connectivity index (χ4n) is 15.1. The normalized spacial score (nSPS) is 11.8. The van der Waals surface area contributed by atoms with Gasteiger partial charge in [-0.2, -0.15) is 20.4 Å². The Bertz CT molecular complexity index is 5940. The van der Waals surface area contributed by atoms with Gasteiger partial charge in [-0.1, -0.05) is 115 Å². The molecule has 4 aromatic heterocycles. The van der Waals surface area contributed by atoms with Gasteiger partial charge in [0.05, 0.1) is 150 Å². The van der Waals surface area contributed by atoms with E-state index in [0.29, 0.717) is 132 Å². The summed E-state index contributed by atoms with van der Waals surface area (Å²) in [7, 11) is 12.2. The zero-order valence-electron chi connectivity index (χ0n) is 79.0. The van der Waals surface area contributed by atoms with Gasteiger partial charge in [0.15, 0.2) is 22.8 Å². The van der Waals surface area contributed by atoms with E-state index in [1.54, 1.807) is 140 Å². The Morgan fingerprint density at radius 3 is 0.839 bits per heavy atom. The molecule has 4 atom stereocenters. The third kappa shape index (κ3) is 28.3. The minimum absolute atomic E-state index is 0.0187. The quantitative estimate of drug-likeness (QED) is 0.0165. The number of ether oxygens (including phenoxy) is 8. The van der Waals surface area contributed by atoms with Crippen LogP contribution in [0.15, 0.2) is 194 Å². The number of hydrogen-bond donors (Lipinski definition) is 8. The van der Waals surface area contributed by atoms with Crippen LogP contribution < -0.4 is 59.2 Å². The molecule has 0 saturated carbocycles. The van der Waals surface area contributed by atoms with Gasteiger partial charge in [0.2, 0.25) is 0 Å². The molecule has 724 valence electrons. The van der Waals surface area contributed by atoms with Crippen LogP contribution in [0, 0.1) is 42.2 Å². The van der Waals surface area contributed by atoms with E-state index in [0.717, 1.165) is 11.3 Å². The Kier molecular flexibility index (Phi) is 38.1. The third-order valence-corrected chi connectivity index (χ3v) is 21.3. The highest BCUT2D eigenvalue weighted by Crippen LogP contribution is 2.45. The smallest absolute Gasteiger partial charge is 0.374 e. The van der Waals surface area contributed by atoms with Crippen molar-refractivity contribution >= 4 is 64.9 Å². The third-order valence-electron chi connectivity index (χ3n) is 21.1. The van der Waals surface area contributed by atoms with Crippen molar-refractivity contribution in [1.29, 1.82) is 0 Å². The molecular formula is C101H113ClF2N12O21. The molecule has 0 bridgehead atoms. The highest BCUT2D eigenvalue weighted by atomic mass is 35.5. The van der Waals surface area contributed by atoms with E-state index in [1.807, 2.05) is 105 Å². The van der Waals surface area contributed by atoms with Gasteiger partial charge in [0.1, 0.15) is 57.6 Å². The number of Topliss-reactive ketones (excluding diaryl/α,β-unsaturated/α-hetero) is 1. The first-order chi connectivity index (χ1) is 65.3. The lowest BCUT2D eigenvalue weighted by atomic mass is 10.00. The molecule has 8 N–H and O–H groups in total. The first-order valence-corrected chi connectivity index (χ1v) is 44.0. The summed E-state index contributed by atoms with van der Waals surface area (Å²) in [4.78, 5) is 110. The summed E-state index contributed by atoms with van der Waals surface area (Å²) < 4.78 is 78.1. The van der Waals surface area contributed by atoms with Crippen LogP contribution in [0.1, 0.15) is 148 Å². The lowest BCUT2D eigenvalue weighted by Crippen LogP contribution is -2.44. The standard InChI is InChI=1S/C26H31N3O5.C25H26ClN3O6.2C25H28FN3O5/c1-16(2)13-18(14-24(30)31)27-26(32)20-15-21(25-22(33-4)7-6-8-23(25)34-5)29(28-20)19-11-9-17(3)10-12-19;1-14(2)12-17(23(30)25(32)33)27-24(31)18-13-19(22-20(34-3)6-5-7-21(22)35-4)29(28-18)16-10-8-15(26)9-11-16;1-15(2)11-17(13-23(30)31)27-25(32)19-14-20(24-21(33-3)9-6-10-22(24)34-4)29(28-19)18-8-5-7-16(26)12-18;1-15(2)12-17(13-23(30)31)27-25(32)19-14-20(24-21(33-3)6-5-7-22(24)34-4)29(28-19)18-10-8-16(26)9-11-18/h6-12,15-16,18H,13-14H2,1-5H3,(H,27,32)(H,30,31);5-11,13-14,17H,12H2,1-4H3,(H,27,31)(H,32,33);5-10,12,14-15,17H,11,13H2,1-4H3,(H,27,32)(H,30,31);5-11,14-15,17H,12-13H2,1-4H3,(H,27,32)(H,30,31)/t18-;3*17-/m0000/s1. The second kappa shape index (κ2) is 49.5. The molecule has 137 heavy (non-hydrogen) atoms. The Morgan fingerprint density at radius 2 is 0.584 bits per heavy atom. The second-order valence-electron chi connectivity index (χ2n) is 33.2. The molecule has 0 radical (unpaired) electrons. The molecule has 12 rings (SSSR count). The van der Waals surface area contributed by atoms with E-state index < -0.39 is 89.1 Å². The minimum Gasteiger partial charge on any atom is -0.496 e. The fourth-order valence-corrected chi connectivity index (χ4v) is 15.2. The predicted octanol–water partition coefficient (Wildman–Crippen LogP) is 17.1. The van der Waals surface area contributed by atoms with Crippen molar-refractivity contribution in [2.45, 2.75) is 131 Å². The summed E-state index contributed by atoms with van der Waals surface area (Å²) in [6.07, 6.45) is 1.15. The lowest BCUT2D eigenvalue weighted by Gasteiger charge is -2.18. The number of halogens is 3. The van der Waals surface area contributed by atoms with Gasteiger partial charge >= 0.3 is 23.9 Å². The molecule has 33 nitrogen and oxygen atoms in total. The monoisotopic (exact) mass is 1900 g/mol. The average Bonchev–Trinajstić information content (AvgIpc) is 1.65. The van der Waals surface area contributed by atoms with E-state index in [2.05, 4.69) is 41.7 Å². The van der Waals surface area contributed by atoms with Crippen molar-refractivity contribution < 1.29 is 110 Å².